The Kier molecular flexibility index (Phi) is 10.2. The standard InChI is InChI=1S/C34H38N4O7/c1-3-43-27-13-11-26(12-14-27)35-32(40)20-38(21-39)29-18-24(33(41)36-25-7-5-4-6-8-25)10-15-28(29)34(42)37(2)19-23-9-16-30-31(17-23)45-22-44-30/h9-18,21,25H,3-8,19-20,22H2,1-2H3,(H,35,40)(H,36,41). The zero-order valence-electron chi connectivity index (χ0n) is 25.5. The second-order valence-electron chi connectivity index (χ2n) is 11.1. The largest absolute Gasteiger partial charge is 0.494 e. The molecule has 0 spiro atoms. The summed E-state index contributed by atoms with van der Waals surface area (Å²) in [5.74, 6) is 0.758. The molecule has 3 aromatic rings. The first-order valence-electron chi connectivity index (χ1n) is 15.2. The highest BCUT2D eigenvalue weighted by molar-refractivity contribution is 6.06. The number of nitrogens with one attached hydrogen (secondary N) is 2. The summed E-state index contributed by atoms with van der Waals surface area (Å²) in [6.07, 6.45) is 5.58. The summed E-state index contributed by atoms with van der Waals surface area (Å²) < 4.78 is 16.3. The number of anilines is 2. The number of nitrogens with zero attached hydrogens (tertiary/aromatic N) is 2. The maximum atomic E-state index is 13.8. The zero-order valence-corrected chi connectivity index (χ0v) is 25.5. The molecule has 0 saturated heterocycles. The van der Waals surface area contributed by atoms with Crippen LogP contribution in [0.15, 0.2) is 60.7 Å². The number of hydrogen-bond acceptors (Lipinski definition) is 7. The van der Waals surface area contributed by atoms with Crippen molar-refractivity contribution in [1.82, 2.24) is 10.2 Å². The predicted octanol–water partition coefficient (Wildman–Crippen LogP) is 4.75. The van der Waals surface area contributed by atoms with E-state index in [0.29, 0.717) is 41.5 Å². The van der Waals surface area contributed by atoms with Crippen molar-refractivity contribution in [3.8, 4) is 17.2 Å². The smallest absolute Gasteiger partial charge is 0.256 e. The van der Waals surface area contributed by atoms with Crippen LogP contribution in [0.25, 0.3) is 0 Å². The van der Waals surface area contributed by atoms with E-state index >= 15 is 0 Å². The lowest BCUT2D eigenvalue weighted by Gasteiger charge is -2.25. The summed E-state index contributed by atoms with van der Waals surface area (Å²) in [6.45, 7) is 2.41. The summed E-state index contributed by atoms with van der Waals surface area (Å²) >= 11 is 0. The van der Waals surface area contributed by atoms with Crippen molar-refractivity contribution < 1.29 is 33.4 Å². The van der Waals surface area contributed by atoms with Gasteiger partial charge in [0.1, 0.15) is 12.3 Å². The fourth-order valence-corrected chi connectivity index (χ4v) is 5.53. The predicted molar refractivity (Wildman–Crippen MR) is 169 cm³/mol. The van der Waals surface area contributed by atoms with Crippen LogP contribution < -0.4 is 29.7 Å². The van der Waals surface area contributed by atoms with E-state index in [0.717, 1.165) is 42.6 Å². The van der Waals surface area contributed by atoms with Gasteiger partial charge in [-0.2, -0.15) is 0 Å². The Morgan fingerprint density at radius 3 is 2.44 bits per heavy atom. The third-order valence-corrected chi connectivity index (χ3v) is 7.83. The molecule has 1 aliphatic carbocycles. The Balaban J connectivity index is 1.37. The van der Waals surface area contributed by atoms with Gasteiger partial charge < -0.3 is 34.6 Å². The summed E-state index contributed by atoms with van der Waals surface area (Å²) in [5, 5.41) is 5.85. The molecule has 1 heterocycles. The van der Waals surface area contributed by atoms with E-state index in [1.54, 1.807) is 43.4 Å². The molecule has 11 heteroatoms. The first-order chi connectivity index (χ1) is 21.8. The van der Waals surface area contributed by atoms with E-state index in [1.165, 1.54) is 17.0 Å². The van der Waals surface area contributed by atoms with E-state index in [2.05, 4.69) is 10.6 Å². The molecule has 5 rings (SSSR count). The van der Waals surface area contributed by atoms with Gasteiger partial charge in [0.15, 0.2) is 11.5 Å². The number of amides is 4. The highest BCUT2D eigenvalue weighted by atomic mass is 16.7. The van der Waals surface area contributed by atoms with Crippen LogP contribution in [0.2, 0.25) is 0 Å². The monoisotopic (exact) mass is 614 g/mol. The van der Waals surface area contributed by atoms with Gasteiger partial charge in [-0.1, -0.05) is 25.3 Å². The van der Waals surface area contributed by atoms with Crippen LogP contribution in [0, 0.1) is 0 Å². The van der Waals surface area contributed by atoms with Gasteiger partial charge in [0.25, 0.3) is 11.8 Å². The number of fused-ring (bicyclic) bond motifs is 1. The third kappa shape index (κ3) is 7.91. The minimum absolute atomic E-state index is 0.0749. The average molecular weight is 615 g/mol. The molecule has 0 radical (unpaired) electrons. The average Bonchev–Trinajstić information content (AvgIpc) is 3.52. The summed E-state index contributed by atoms with van der Waals surface area (Å²) in [5.41, 5.74) is 1.97. The molecule has 0 aromatic heterocycles. The summed E-state index contributed by atoms with van der Waals surface area (Å²) in [7, 11) is 1.64. The van der Waals surface area contributed by atoms with Crippen molar-refractivity contribution >= 4 is 35.5 Å². The van der Waals surface area contributed by atoms with Crippen molar-refractivity contribution in [1.29, 1.82) is 0 Å². The molecule has 1 fully saturated rings. The Labute approximate surface area is 262 Å². The van der Waals surface area contributed by atoms with E-state index in [9.17, 15) is 19.2 Å². The molecule has 1 aliphatic heterocycles. The van der Waals surface area contributed by atoms with Crippen molar-refractivity contribution in [3.63, 3.8) is 0 Å². The van der Waals surface area contributed by atoms with Crippen molar-refractivity contribution in [2.24, 2.45) is 0 Å². The van der Waals surface area contributed by atoms with Gasteiger partial charge >= 0.3 is 0 Å². The molecule has 236 valence electrons. The molecule has 0 bridgehead atoms. The SMILES string of the molecule is CCOc1ccc(NC(=O)CN(C=O)c2cc(C(=O)NC3CCCCC3)ccc2C(=O)N(C)Cc2ccc3c(c2)OCO3)cc1. The second kappa shape index (κ2) is 14.6. The van der Waals surface area contributed by atoms with Crippen LogP contribution in [0.1, 0.15) is 65.3 Å². The third-order valence-electron chi connectivity index (χ3n) is 7.83. The minimum Gasteiger partial charge on any atom is -0.494 e. The first-order valence-corrected chi connectivity index (χ1v) is 15.2. The first kappa shape index (κ1) is 31.4. The number of carbonyl (C=O) groups is 4. The number of benzene rings is 3. The second-order valence-corrected chi connectivity index (χ2v) is 11.1. The molecule has 0 atom stereocenters. The number of carbonyl (C=O) groups excluding carboxylic acids is 4. The van der Waals surface area contributed by atoms with Gasteiger partial charge in [-0.3, -0.25) is 19.2 Å². The number of rotatable bonds is 12. The van der Waals surface area contributed by atoms with E-state index in [4.69, 9.17) is 14.2 Å². The molecule has 45 heavy (non-hydrogen) atoms. The van der Waals surface area contributed by atoms with E-state index < -0.39 is 5.91 Å². The molecule has 2 N–H and O–H groups in total. The van der Waals surface area contributed by atoms with Gasteiger partial charge in [0.2, 0.25) is 19.1 Å². The molecule has 3 aromatic carbocycles. The lowest BCUT2D eigenvalue weighted by molar-refractivity contribution is -0.116. The van der Waals surface area contributed by atoms with Crippen molar-refractivity contribution in [2.75, 3.05) is 37.2 Å². The van der Waals surface area contributed by atoms with Crippen LogP contribution in [0.4, 0.5) is 11.4 Å². The molecule has 2 aliphatic rings. The molecule has 1 saturated carbocycles. The van der Waals surface area contributed by atoms with Crippen LogP contribution in [0.3, 0.4) is 0 Å². The molecular weight excluding hydrogens is 576 g/mol. The van der Waals surface area contributed by atoms with E-state index in [1.807, 2.05) is 19.1 Å². The summed E-state index contributed by atoms with van der Waals surface area (Å²) in [4.78, 5) is 55.2. The Bertz CT molecular complexity index is 1540. The van der Waals surface area contributed by atoms with Gasteiger partial charge in [0, 0.05) is 30.9 Å². The Hall–Kier alpha value is -5.06. The number of ether oxygens (including phenoxy) is 3. The molecular formula is C34H38N4O7. The maximum absolute atomic E-state index is 13.8. The topological polar surface area (TPSA) is 127 Å². The Morgan fingerprint density at radius 1 is 0.956 bits per heavy atom. The molecule has 11 nitrogen and oxygen atoms in total. The lowest BCUT2D eigenvalue weighted by Crippen LogP contribution is -2.37. The highest BCUT2D eigenvalue weighted by Crippen LogP contribution is 2.33. The van der Waals surface area contributed by atoms with Crippen LogP contribution >= 0.6 is 0 Å². The maximum Gasteiger partial charge on any atom is 0.256 e. The van der Waals surface area contributed by atoms with E-state index in [-0.39, 0.29) is 49.0 Å². The van der Waals surface area contributed by atoms with Crippen LogP contribution in [0.5, 0.6) is 17.2 Å². The number of hydrogen-bond donors (Lipinski definition) is 2. The fraction of sp³-hybridized carbons (Fsp3) is 0.353. The molecule has 4 amide bonds. The fourth-order valence-electron chi connectivity index (χ4n) is 5.53. The van der Waals surface area contributed by atoms with Gasteiger partial charge in [-0.05, 0) is 79.9 Å². The van der Waals surface area contributed by atoms with Crippen LogP contribution in [-0.2, 0) is 16.1 Å². The van der Waals surface area contributed by atoms with Crippen LogP contribution in [-0.4, -0.2) is 62.1 Å². The normalized spacial score (nSPS) is 13.9. The lowest BCUT2D eigenvalue weighted by atomic mass is 9.95. The molecule has 0 unspecified atom stereocenters. The van der Waals surface area contributed by atoms with Crippen molar-refractivity contribution in [3.05, 3.63) is 77.4 Å². The van der Waals surface area contributed by atoms with Gasteiger partial charge in [-0.25, -0.2) is 0 Å². The van der Waals surface area contributed by atoms with Gasteiger partial charge in [-0.15, -0.1) is 0 Å². The quantitative estimate of drug-likeness (QED) is 0.282. The minimum atomic E-state index is -0.476. The van der Waals surface area contributed by atoms with Gasteiger partial charge in [0.05, 0.1) is 17.9 Å². The zero-order chi connectivity index (χ0) is 31.8. The summed E-state index contributed by atoms with van der Waals surface area (Å²) in [6, 6.07) is 17.0. The Morgan fingerprint density at radius 2 is 1.71 bits per heavy atom. The van der Waals surface area contributed by atoms with Crippen molar-refractivity contribution in [2.45, 2.75) is 51.6 Å². The highest BCUT2D eigenvalue weighted by Gasteiger charge is 2.25.